The molecule has 148 valence electrons. The molecule has 1 aromatic carbocycles. The van der Waals surface area contributed by atoms with Crippen molar-refractivity contribution in [2.45, 2.75) is 6.04 Å². The first kappa shape index (κ1) is 18.8. The second kappa shape index (κ2) is 7.14. The second-order valence-corrected chi connectivity index (χ2v) is 9.20. The largest absolute Gasteiger partial charge is 0.465 e. The Balaban J connectivity index is 1.67. The number of carbonyl (C=O) groups is 1. The third-order valence-electron chi connectivity index (χ3n) is 5.59. The summed E-state index contributed by atoms with van der Waals surface area (Å²) < 4.78 is 31.3. The van der Waals surface area contributed by atoms with Gasteiger partial charge in [-0.05, 0) is 11.5 Å². The zero-order valence-corrected chi connectivity index (χ0v) is 16.5. The molecule has 0 aliphatic carbocycles. The van der Waals surface area contributed by atoms with Crippen molar-refractivity contribution in [3.05, 3.63) is 54.0 Å². The number of benzene rings is 1. The van der Waals surface area contributed by atoms with E-state index in [0.717, 1.165) is 5.56 Å². The molecule has 28 heavy (non-hydrogen) atoms. The maximum atomic E-state index is 12.4. The van der Waals surface area contributed by atoms with Gasteiger partial charge in [-0.15, -0.1) is 0 Å². The molecule has 2 saturated heterocycles. The molecule has 3 heterocycles. The van der Waals surface area contributed by atoms with Gasteiger partial charge < -0.3 is 9.64 Å². The highest BCUT2D eigenvalue weighted by molar-refractivity contribution is 7.88. The highest BCUT2D eigenvalue weighted by Crippen LogP contribution is 2.47. The van der Waals surface area contributed by atoms with Crippen LogP contribution >= 0.6 is 0 Å². The van der Waals surface area contributed by atoms with E-state index >= 15 is 0 Å². The van der Waals surface area contributed by atoms with Crippen molar-refractivity contribution in [2.24, 2.45) is 11.8 Å². The van der Waals surface area contributed by atoms with Crippen LogP contribution in [0.4, 0.5) is 5.82 Å². The molecule has 0 spiro atoms. The van der Waals surface area contributed by atoms with Crippen molar-refractivity contribution < 1.29 is 17.9 Å². The Kier molecular flexibility index (Phi) is 4.80. The number of carbonyl (C=O) groups excluding carboxylic acids is 1. The number of fused-ring (bicyclic) bond motifs is 1. The molecule has 1 aromatic heterocycles. The van der Waals surface area contributed by atoms with Crippen molar-refractivity contribution in [3.8, 4) is 0 Å². The molecule has 0 N–H and O–H groups in total. The summed E-state index contributed by atoms with van der Waals surface area (Å²) in [7, 11) is -2.01. The predicted octanol–water partition coefficient (Wildman–Crippen LogP) is 1.33. The van der Waals surface area contributed by atoms with E-state index in [2.05, 4.69) is 9.97 Å². The third-order valence-corrected chi connectivity index (χ3v) is 6.81. The van der Waals surface area contributed by atoms with Gasteiger partial charge in [-0.2, -0.15) is 4.31 Å². The molecule has 0 radical (unpaired) electrons. The molecule has 2 aliphatic heterocycles. The Labute approximate surface area is 164 Å². The highest BCUT2D eigenvalue weighted by atomic mass is 32.2. The van der Waals surface area contributed by atoms with Crippen LogP contribution in [0, 0.1) is 11.8 Å². The van der Waals surface area contributed by atoms with Crippen molar-refractivity contribution in [1.82, 2.24) is 14.3 Å². The fourth-order valence-electron chi connectivity index (χ4n) is 4.41. The maximum Gasteiger partial charge on any atom is 0.343 e. The normalized spacial score (nSPS) is 24.9. The average Bonchev–Trinajstić information content (AvgIpc) is 3.26. The van der Waals surface area contributed by atoms with E-state index in [0.29, 0.717) is 31.0 Å². The van der Waals surface area contributed by atoms with E-state index in [1.54, 1.807) is 4.31 Å². The molecule has 2 aromatic rings. The van der Waals surface area contributed by atoms with Crippen LogP contribution in [0.5, 0.6) is 0 Å². The summed E-state index contributed by atoms with van der Waals surface area (Å²) in [5.41, 5.74) is 1.30. The summed E-state index contributed by atoms with van der Waals surface area (Å²) in [6.07, 6.45) is 4.13. The minimum Gasteiger partial charge on any atom is -0.465 e. The maximum absolute atomic E-state index is 12.4. The average molecular weight is 402 g/mol. The van der Waals surface area contributed by atoms with Gasteiger partial charge in [-0.1, -0.05) is 30.3 Å². The van der Waals surface area contributed by atoms with Gasteiger partial charge in [0.25, 0.3) is 0 Å². The summed E-state index contributed by atoms with van der Waals surface area (Å²) in [6.45, 7) is 1.69. The van der Waals surface area contributed by atoms with Gasteiger partial charge in [0.2, 0.25) is 10.0 Å². The van der Waals surface area contributed by atoms with Crippen LogP contribution in [0.25, 0.3) is 0 Å². The van der Waals surface area contributed by atoms with Gasteiger partial charge in [-0.25, -0.2) is 23.2 Å². The standard InChI is InChI=1S/C19H22N4O4S/c1-27-19(24)15-8-20-12-21-18(15)22-9-14-10-23(28(2,25)26)17(16(14)11-22)13-6-4-3-5-7-13/h3-8,12,14,16-17H,9-11H2,1-2H3/t14-,16-,17+/m1/s1. The number of hydrogen-bond donors (Lipinski definition) is 0. The first-order chi connectivity index (χ1) is 13.4. The lowest BCUT2D eigenvalue weighted by atomic mass is 9.90. The van der Waals surface area contributed by atoms with E-state index in [4.69, 9.17) is 4.74 Å². The Morgan fingerprint density at radius 3 is 2.61 bits per heavy atom. The Bertz CT molecular complexity index is 982. The monoisotopic (exact) mass is 402 g/mol. The molecule has 0 amide bonds. The van der Waals surface area contributed by atoms with Gasteiger partial charge in [0.05, 0.1) is 19.4 Å². The fraction of sp³-hybridized carbons (Fsp3) is 0.421. The summed E-state index contributed by atoms with van der Waals surface area (Å²) in [5, 5.41) is 0. The molecule has 0 saturated carbocycles. The quantitative estimate of drug-likeness (QED) is 0.713. The Morgan fingerprint density at radius 2 is 1.93 bits per heavy atom. The van der Waals surface area contributed by atoms with Crippen LogP contribution in [0.3, 0.4) is 0 Å². The second-order valence-electron chi connectivity index (χ2n) is 7.27. The lowest BCUT2D eigenvalue weighted by Gasteiger charge is -2.28. The lowest BCUT2D eigenvalue weighted by molar-refractivity contribution is 0.0600. The van der Waals surface area contributed by atoms with Gasteiger partial charge in [0.1, 0.15) is 17.7 Å². The predicted molar refractivity (Wildman–Crippen MR) is 103 cm³/mol. The molecule has 0 unspecified atom stereocenters. The van der Waals surface area contributed by atoms with E-state index in [1.807, 2.05) is 35.2 Å². The van der Waals surface area contributed by atoms with E-state index < -0.39 is 16.0 Å². The van der Waals surface area contributed by atoms with Gasteiger partial charge in [0.15, 0.2) is 0 Å². The number of ether oxygens (including phenoxy) is 1. The Hall–Kier alpha value is -2.52. The van der Waals surface area contributed by atoms with Crippen molar-refractivity contribution in [3.63, 3.8) is 0 Å². The number of rotatable bonds is 4. The number of methoxy groups -OCH3 is 1. The van der Waals surface area contributed by atoms with Crippen molar-refractivity contribution in [2.75, 3.05) is 37.9 Å². The van der Waals surface area contributed by atoms with Crippen LogP contribution < -0.4 is 4.90 Å². The van der Waals surface area contributed by atoms with Crippen LogP contribution in [-0.4, -0.2) is 61.7 Å². The number of sulfonamides is 1. The van der Waals surface area contributed by atoms with Crippen molar-refractivity contribution in [1.29, 1.82) is 0 Å². The summed E-state index contributed by atoms with van der Waals surface area (Å²) in [4.78, 5) is 22.4. The van der Waals surface area contributed by atoms with Crippen LogP contribution in [0.2, 0.25) is 0 Å². The molecular weight excluding hydrogens is 380 g/mol. The van der Waals surface area contributed by atoms with Crippen molar-refractivity contribution >= 4 is 21.8 Å². The zero-order chi connectivity index (χ0) is 19.9. The van der Waals surface area contributed by atoms with Gasteiger partial charge in [0, 0.05) is 31.7 Å². The lowest BCUT2D eigenvalue weighted by Crippen LogP contribution is -2.35. The first-order valence-electron chi connectivity index (χ1n) is 9.05. The molecule has 9 heteroatoms. The smallest absolute Gasteiger partial charge is 0.343 e. The molecular formula is C19H22N4O4S. The SMILES string of the molecule is COC(=O)c1cncnc1N1C[C@@H]2CN(S(C)(=O)=O)[C@@H](c3ccccc3)[C@@H]2C1. The van der Waals surface area contributed by atoms with Crippen LogP contribution in [0.1, 0.15) is 22.0 Å². The van der Waals surface area contributed by atoms with E-state index in [9.17, 15) is 13.2 Å². The number of anilines is 1. The third kappa shape index (κ3) is 3.24. The number of nitrogens with zero attached hydrogens (tertiary/aromatic N) is 4. The zero-order valence-electron chi connectivity index (χ0n) is 15.7. The highest BCUT2D eigenvalue weighted by Gasteiger charge is 2.51. The summed E-state index contributed by atoms with van der Waals surface area (Å²) in [6, 6.07) is 9.49. The molecule has 2 fully saturated rings. The molecule has 2 aliphatic rings. The minimum absolute atomic E-state index is 0.109. The van der Waals surface area contributed by atoms with E-state index in [-0.39, 0.29) is 17.9 Å². The topological polar surface area (TPSA) is 92.7 Å². The first-order valence-corrected chi connectivity index (χ1v) is 10.9. The van der Waals surface area contributed by atoms with Crippen LogP contribution in [0.15, 0.2) is 42.9 Å². The minimum atomic E-state index is -3.33. The van der Waals surface area contributed by atoms with Gasteiger partial charge >= 0.3 is 5.97 Å². The molecule has 8 nitrogen and oxygen atoms in total. The molecule has 4 rings (SSSR count). The van der Waals surface area contributed by atoms with Gasteiger partial charge in [-0.3, -0.25) is 0 Å². The molecule has 3 atom stereocenters. The fourth-order valence-corrected chi connectivity index (χ4v) is 5.57. The van der Waals surface area contributed by atoms with Crippen LogP contribution in [-0.2, 0) is 14.8 Å². The summed E-state index contributed by atoms with van der Waals surface area (Å²) >= 11 is 0. The number of hydrogen-bond acceptors (Lipinski definition) is 7. The number of aromatic nitrogens is 2. The van der Waals surface area contributed by atoms with E-state index in [1.165, 1.54) is 25.9 Å². The Morgan fingerprint density at radius 1 is 1.18 bits per heavy atom. The number of esters is 1. The molecule has 0 bridgehead atoms. The summed E-state index contributed by atoms with van der Waals surface area (Å²) in [5.74, 6) is 0.317.